The van der Waals surface area contributed by atoms with Crippen molar-refractivity contribution in [2.24, 2.45) is 0 Å². The van der Waals surface area contributed by atoms with Gasteiger partial charge in [-0.05, 0) is 30.2 Å². The maximum absolute atomic E-state index is 12.6. The second kappa shape index (κ2) is 7.26. The summed E-state index contributed by atoms with van der Waals surface area (Å²) >= 11 is 0. The molecule has 1 heterocycles. The number of methoxy groups -OCH3 is 1. The van der Waals surface area contributed by atoms with E-state index in [0.29, 0.717) is 18.7 Å². The Morgan fingerprint density at radius 1 is 1.04 bits per heavy atom. The van der Waals surface area contributed by atoms with E-state index in [4.69, 9.17) is 4.74 Å². The molecule has 2 aromatic carbocycles. The predicted molar refractivity (Wildman–Crippen MR) is 99.5 cm³/mol. The second-order valence-corrected chi connectivity index (χ2v) is 9.56. The van der Waals surface area contributed by atoms with Crippen LogP contribution in [0, 0.1) is 0 Å². The van der Waals surface area contributed by atoms with E-state index in [9.17, 15) is 16.8 Å². The Morgan fingerprint density at radius 3 is 2.50 bits per heavy atom. The molecule has 3 rings (SSSR count). The number of nitrogens with zero attached hydrogens (tertiary/aromatic N) is 1. The first-order chi connectivity index (χ1) is 12.3. The zero-order valence-corrected chi connectivity index (χ0v) is 15.9. The van der Waals surface area contributed by atoms with Crippen LogP contribution in [-0.2, 0) is 26.5 Å². The van der Waals surface area contributed by atoms with Crippen LogP contribution in [0.4, 0.5) is 5.69 Å². The standard InChI is InChI=1S/C17H20N2O5S2/c1-24-16-8-4-5-9-17(16)26(22,23)18-11-13-25(20,21)19-12-10-14-6-2-3-7-15(14)19/h2-9,18H,10-13H2,1H3. The summed E-state index contributed by atoms with van der Waals surface area (Å²) in [6, 6.07) is 13.5. The molecule has 1 N–H and O–H groups in total. The maximum Gasteiger partial charge on any atom is 0.244 e. The normalized spacial score (nSPS) is 14.3. The van der Waals surface area contributed by atoms with Gasteiger partial charge in [-0.15, -0.1) is 0 Å². The number of benzene rings is 2. The topological polar surface area (TPSA) is 92.8 Å². The van der Waals surface area contributed by atoms with Crippen LogP contribution in [0.5, 0.6) is 5.75 Å². The third-order valence-electron chi connectivity index (χ3n) is 4.19. The third-order valence-corrected chi connectivity index (χ3v) is 7.46. The molecular formula is C17H20N2O5S2. The van der Waals surface area contributed by atoms with Crippen molar-refractivity contribution in [2.45, 2.75) is 11.3 Å². The molecule has 0 aliphatic carbocycles. The fraction of sp³-hybridized carbons (Fsp3) is 0.294. The van der Waals surface area contributed by atoms with Gasteiger partial charge < -0.3 is 4.74 Å². The molecule has 0 aromatic heterocycles. The van der Waals surface area contributed by atoms with Crippen molar-refractivity contribution in [2.75, 3.05) is 30.3 Å². The van der Waals surface area contributed by atoms with Crippen molar-refractivity contribution in [3.05, 3.63) is 54.1 Å². The molecule has 0 bridgehead atoms. The van der Waals surface area contributed by atoms with Crippen LogP contribution in [0.1, 0.15) is 5.56 Å². The summed E-state index contributed by atoms with van der Waals surface area (Å²) in [6.07, 6.45) is 0.655. The number of sulfonamides is 2. The Hall–Kier alpha value is -2.10. The number of ether oxygens (including phenoxy) is 1. The largest absolute Gasteiger partial charge is 0.495 e. The molecule has 26 heavy (non-hydrogen) atoms. The summed E-state index contributed by atoms with van der Waals surface area (Å²) in [7, 11) is -6.11. The number of anilines is 1. The molecule has 0 radical (unpaired) electrons. The molecule has 0 fully saturated rings. The van der Waals surface area contributed by atoms with Crippen LogP contribution in [0.2, 0.25) is 0 Å². The molecular weight excluding hydrogens is 376 g/mol. The summed E-state index contributed by atoms with van der Waals surface area (Å²) in [5.41, 5.74) is 1.64. The monoisotopic (exact) mass is 396 g/mol. The van der Waals surface area contributed by atoms with E-state index in [1.807, 2.05) is 12.1 Å². The molecule has 1 aliphatic heterocycles. The molecule has 140 valence electrons. The van der Waals surface area contributed by atoms with Crippen LogP contribution >= 0.6 is 0 Å². The molecule has 0 atom stereocenters. The Kier molecular flexibility index (Phi) is 5.22. The van der Waals surface area contributed by atoms with Crippen LogP contribution < -0.4 is 13.8 Å². The quantitative estimate of drug-likeness (QED) is 0.763. The van der Waals surface area contributed by atoms with Gasteiger partial charge in [0.25, 0.3) is 0 Å². The molecule has 0 unspecified atom stereocenters. The van der Waals surface area contributed by atoms with E-state index in [2.05, 4.69) is 4.72 Å². The van der Waals surface area contributed by atoms with E-state index < -0.39 is 20.0 Å². The Labute approximate surface area is 153 Å². The Balaban J connectivity index is 1.70. The van der Waals surface area contributed by atoms with Crippen molar-refractivity contribution in [1.82, 2.24) is 4.72 Å². The average Bonchev–Trinajstić information content (AvgIpc) is 3.06. The minimum Gasteiger partial charge on any atom is -0.495 e. The van der Waals surface area contributed by atoms with Gasteiger partial charge >= 0.3 is 0 Å². The Morgan fingerprint density at radius 2 is 1.73 bits per heavy atom. The van der Waals surface area contributed by atoms with Crippen LogP contribution in [0.25, 0.3) is 0 Å². The highest BCUT2D eigenvalue weighted by molar-refractivity contribution is 7.93. The number of rotatable bonds is 7. The van der Waals surface area contributed by atoms with Gasteiger partial charge in [0.2, 0.25) is 20.0 Å². The van der Waals surface area contributed by atoms with Crippen molar-refractivity contribution in [1.29, 1.82) is 0 Å². The van der Waals surface area contributed by atoms with Crippen LogP contribution in [0.15, 0.2) is 53.4 Å². The predicted octanol–water partition coefficient (Wildman–Crippen LogP) is 1.37. The molecule has 0 amide bonds. The summed E-state index contributed by atoms with van der Waals surface area (Å²) in [4.78, 5) is -0.0218. The van der Waals surface area contributed by atoms with Gasteiger partial charge in [0.15, 0.2) is 0 Å². The minimum absolute atomic E-state index is 0.0218. The zero-order chi connectivity index (χ0) is 18.8. The Bertz CT molecular complexity index is 1000. The summed E-state index contributed by atoms with van der Waals surface area (Å²) in [5.74, 6) is -0.119. The number of hydrogen-bond acceptors (Lipinski definition) is 5. The first kappa shape index (κ1) is 18.7. The van der Waals surface area contributed by atoms with Crippen molar-refractivity contribution in [3.63, 3.8) is 0 Å². The van der Waals surface area contributed by atoms with Gasteiger partial charge in [-0.3, -0.25) is 4.31 Å². The minimum atomic E-state index is -3.87. The lowest BCUT2D eigenvalue weighted by Crippen LogP contribution is -2.37. The van der Waals surface area contributed by atoms with Gasteiger partial charge in [0, 0.05) is 13.1 Å². The second-order valence-electron chi connectivity index (χ2n) is 5.82. The van der Waals surface area contributed by atoms with Crippen LogP contribution in [-0.4, -0.2) is 42.8 Å². The van der Waals surface area contributed by atoms with Crippen LogP contribution in [0.3, 0.4) is 0 Å². The van der Waals surface area contributed by atoms with Gasteiger partial charge in [-0.25, -0.2) is 21.6 Å². The molecule has 7 nitrogen and oxygen atoms in total. The number of para-hydroxylation sites is 2. The van der Waals surface area contributed by atoms with E-state index in [-0.39, 0.29) is 22.9 Å². The third kappa shape index (κ3) is 3.69. The molecule has 9 heteroatoms. The van der Waals surface area contributed by atoms with Crippen molar-refractivity contribution < 1.29 is 21.6 Å². The van der Waals surface area contributed by atoms with E-state index in [0.717, 1.165) is 5.56 Å². The van der Waals surface area contributed by atoms with Crippen molar-refractivity contribution in [3.8, 4) is 5.75 Å². The summed E-state index contributed by atoms with van der Waals surface area (Å²) in [6.45, 7) is 0.155. The maximum atomic E-state index is 12.6. The van der Waals surface area contributed by atoms with Crippen molar-refractivity contribution >= 4 is 25.7 Å². The lowest BCUT2D eigenvalue weighted by Gasteiger charge is -2.19. The van der Waals surface area contributed by atoms with Gasteiger partial charge in [-0.2, -0.15) is 0 Å². The van der Waals surface area contributed by atoms with E-state index in [1.54, 1.807) is 24.3 Å². The fourth-order valence-corrected chi connectivity index (χ4v) is 5.69. The van der Waals surface area contributed by atoms with Gasteiger partial charge in [0.1, 0.15) is 10.6 Å². The fourth-order valence-electron chi connectivity index (χ4n) is 2.93. The average molecular weight is 396 g/mol. The number of fused-ring (bicyclic) bond motifs is 1. The smallest absolute Gasteiger partial charge is 0.244 e. The molecule has 0 saturated carbocycles. The number of hydrogen-bond donors (Lipinski definition) is 1. The molecule has 2 aromatic rings. The highest BCUT2D eigenvalue weighted by Crippen LogP contribution is 2.30. The van der Waals surface area contributed by atoms with Gasteiger partial charge in [0.05, 0.1) is 18.6 Å². The first-order valence-corrected chi connectivity index (χ1v) is 11.2. The highest BCUT2D eigenvalue weighted by atomic mass is 32.2. The van der Waals surface area contributed by atoms with Gasteiger partial charge in [-0.1, -0.05) is 30.3 Å². The highest BCUT2D eigenvalue weighted by Gasteiger charge is 2.29. The van der Waals surface area contributed by atoms with E-state index >= 15 is 0 Å². The number of nitrogens with one attached hydrogen (secondary N) is 1. The first-order valence-electron chi connectivity index (χ1n) is 8.06. The lowest BCUT2D eigenvalue weighted by atomic mass is 10.2. The molecule has 1 aliphatic rings. The van der Waals surface area contributed by atoms with E-state index in [1.165, 1.54) is 23.5 Å². The molecule has 0 saturated heterocycles. The summed E-state index contributed by atoms with van der Waals surface area (Å²) < 4.78 is 58.8. The SMILES string of the molecule is COc1ccccc1S(=O)(=O)NCCS(=O)(=O)N1CCc2ccccc21. The lowest BCUT2D eigenvalue weighted by molar-refractivity contribution is 0.402. The molecule has 0 spiro atoms. The summed E-state index contributed by atoms with van der Waals surface area (Å²) in [5, 5.41) is 0. The zero-order valence-electron chi connectivity index (χ0n) is 14.3.